The average Bonchev–Trinajstić information content (AvgIpc) is 2.70. The third kappa shape index (κ3) is 3.69. The van der Waals surface area contributed by atoms with Crippen molar-refractivity contribution in [3.05, 3.63) is 78.4 Å². The first-order valence-corrected chi connectivity index (χ1v) is 8.98. The SMILES string of the molecule is CC(=O)Nc1ccc(Oc2nnc(-c3ccc(C)cc3)c3ccccc23)cc1. The van der Waals surface area contributed by atoms with Gasteiger partial charge in [-0.05, 0) is 37.3 Å². The Morgan fingerprint density at radius 2 is 1.54 bits per heavy atom. The van der Waals surface area contributed by atoms with Crippen LogP contribution < -0.4 is 10.1 Å². The summed E-state index contributed by atoms with van der Waals surface area (Å²) in [5, 5.41) is 13.4. The summed E-state index contributed by atoms with van der Waals surface area (Å²) in [6.07, 6.45) is 0. The van der Waals surface area contributed by atoms with E-state index in [1.165, 1.54) is 12.5 Å². The number of rotatable bonds is 4. The molecule has 5 heteroatoms. The van der Waals surface area contributed by atoms with Crippen LogP contribution in [-0.2, 0) is 4.79 Å². The second-order valence-corrected chi connectivity index (χ2v) is 6.57. The van der Waals surface area contributed by atoms with Crippen LogP contribution in [0.2, 0.25) is 0 Å². The molecule has 1 amide bonds. The summed E-state index contributed by atoms with van der Waals surface area (Å²) in [6.45, 7) is 3.53. The Bertz CT molecular complexity index is 1140. The van der Waals surface area contributed by atoms with Crippen molar-refractivity contribution < 1.29 is 9.53 Å². The summed E-state index contributed by atoms with van der Waals surface area (Å²) in [6, 6.07) is 23.3. The predicted octanol–water partition coefficient (Wildman–Crippen LogP) is 5.36. The second-order valence-electron chi connectivity index (χ2n) is 6.57. The lowest BCUT2D eigenvalue weighted by Gasteiger charge is -2.11. The van der Waals surface area contributed by atoms with Crippen LogP contribution in [-0.4, -0.2) is 16.1 Å². The van der Waals surface area contributed by atoms with Crippen LogP contribution in [0.1, 0.15) is 12.5 Å². The molecule has 0 radical (unpaired) electrons. The van der Waals surface area contributed by atoms with Crippen LogP contribution >= 0.6 is 0 Å². The quantitative estimate of drug-likeness (QED) is 0.526. The third-order valence-corrected chi connectivity index (χ3v) is 4.37. The fourth-order valence-electron chi connectivity index (χ4n) is 3.00. The smallest absolute Gasteiger partial charge is 0.246 e. The van der Waals surface area contributed by atoms with Crippen LogP contribution in [0.5, 0.6) is 11.6 Å². The normalized spacial score (nSPS) is 10.6. The van der Waals surface area contributed by atoms with Gasteiger partial charge in [0.1, 0.15) is 11.4 Å². The number of benzene rings is 3. The molecule has 4 rings (SSSR count). The van der Waals surface area contributed by atoms with Gasteiger partial charge in [-0.25, -0.2) is 0 Å². The minimum absolute atomic E-state index is 0.114. The number of hydrogen-bond donors (Lipinski definition) is 1. The van der Waals surface area contributed by atoms with Gasteiger partial charge in [-0.1, -0.05) is 48.0 Å². The Balaban J connectivity index is 1.70. The number of nitrogens with one attached hydrogen (secondary N) is 1. The molecule has 0 aliphatic carbocycles. The maximum atomic E-state index is 11.1. The maximum Gasteiger partial charge on any atom is 0.246 e. The molecule has 0 saturated heterocycles. The molecule has 0 bridgehead atoms. The van der Waals surface area contributed by atoms with Crippen molar-refractivity contribution in [2.75, 3.05) is 5.32 Å². The monoisotopic (exact) mass is 369 g/mol. The van der Waals surface area contributed by atoms with Crippen molar-refractivity contribution >= 4 is 22.4 Å². The molecule has 28 heavy (non-hydrogen) atoms. The zero-order valence-corrected chi connectivity index (χ0v) is 15.6. The molecule has 4 aromatic rings. The highest BCUT2D eigenvalue weighted by molar-refractivity contribution is 5.97. The molecule has 0 spiro atoms. The average molecular weight is 369 g/mol. The summed E-state index contributed by atoms with van der Waals surface area (Å²) in [7, 11) is 0. The van der Waals surface area contributed by atoms with Gasteiger partial charge in [0.05, 0.1) is 0 Å². The fourth-order valence-corrected chi connectivity index (χ4v) is 3.00. The van der Waals surface area contributed by atoms with E-state index in [9.17, 15) is 4.79 Å². The lowest BCUT2D eigenvalue weighted by molar-refractivity contribution is -0.114. The predicted molar refractivity (Wildman–Crippen MR) is 111 cm³/mol. The summed E-state index contributed by atoms with van der Waals surface area (Å²) >= 11 is 0. The third-order valence-electron chi connectivity index (χ3n) is 4.37. The van der Waals surface area contributed by atoms with Crippen LogP contribution in [0.25, 0.3) is 22.0 Å². The van der Waals surface area contributed by atoms with Crippen molar-refractivity contribution in [3.63, 3.8) is 0 Å². The Kier molecular flexibility index (Phi) is 4.72. The Morgan fingerprint density at radius 1 is 0.857 bits per heavy atom. The van der Waals surface area contributed by atoms with Crippen LogP contribution in [0.3, 0.4) is 0 Å². The zero-order valence-electron chi connectivity index (χ0n) is 15.6. The van der Waals surface area contributed by atoms with E-state index in [1.54, 1.807) is 24.3 Å². The highest BCUT2D eigenvalue weighted by atomic mass is 16.5. The first-order valence-electron chi connectivity index (χ1n) is 8.98. The molecule has 1 heterocycles. The Labute approximate surface area is 163 Å². The minimum atomic E-state index is -0.114. The lowest BCUT2D eigenvalue weighted by atomic mass is 10.0. The standard InChI is InChI=1S/C23H19N3O2/c1-15-7-9-17(10-8-15)22-20-5-3-4-6-21(20)23(26-25-22)28-19-13-11-18(12-14-19)24-16(2)27/h3-14H,1-2H3,(H,24,27). The minimum Gasteiger partial charge on any atom is -0.437 e. The molecular weight excluding hydrogens is 350 g/mol. The summed E-state index contributed by atoms with van der Waals surface area (Å²) in [5.41, 5.74) is 3.75. The van der Waals surface area contributed by atoms with Crippen molar-refractivity contribution in [1.29, 1.82) is 0 Å². The molecule has 5 nitrogen and oxygen atoms in total. The number of aryl methyl sites for hydroxylation is 1. The number of carbonyl (C=O) groups is 1. The topological polar surface area (TPSA) is 64.1 Å². The number of aromatic nitrogens is 2. The van der Waals surface area contributed by atoms with Gasteiger partial charge < -0.3 is 10.1 Å². The summed E-state index contributed by atoms with van der Waals surface area (Å²) in [5.74, 6) is 0.951. The summed E-state index contributed by atoms with van der Waals surface area (Å²) < 4.78 is 5.98. The van der Waals surface area contributed by atoms with Crippen molar-refractivity contribution in [1.82, 2.24) is 10.2 Å². The number of ether oxygens (including phenoxy) is 1. The molecule has 1 N–H and O–H groups in total. The van der Waals surface area contributed by atoms with Gasteiger partial charge in [0.25, 0.3) is 0 Å². The summed E-state index contributed by atoms with van der Waals surface area (Å²) in [4.78, 5) is 11.1. The van der Waals surface area contributed by atoms with E-state index in [2.05, 4.69) is 34.6 Å². The Morgan fingerprint density at radius 3 is 2.21 bits per heavy atom. The highest BCUT2D eigenvalue weighted by Crippen LogP contribution is 2.33. The molecule has 1 aromatic heterocycles. The van der Waals surface area contributed by atoms with Crippen molar-refractivity contribution in [2.45, 2.75) is 13.8 Å². The van der Waals surface area contributed by atoms with Gasteiger partial charge in [0.15, 0.2) is 0 Å². The molecule has 0 saturated carbocycles. The first kappa shape index (κ1) is 17.7. The molecule has 138 valence electrons. The van der Waals surface area contributed by atoms with E-state index in [0.717, 1.165) is 22.0 Å². The number of amides is 1. The first-order chi connectivity index (χ1) is 13.6. The van der Waals surface area contributed by atoms with Gasteiger partial charge in [0.2, 0.25) is 11.8 Å². The number of fused-ring (bicyclic) bond motifs is 1. The number of carbonyl (C=O) groups excluding carboxylic acids is 1. The molecule has 3 aromatic carbocycles. The molecule has 0 aliphatic rings. The largest absolute Gasteiger partial charge is 0.437 e. The molecule has 0 aliphatic heterocycles. The van der Waals surface area contributed by atoms with Gasteiger partial charge >= 0.3 is 0 Å². The van der Waals surface area contributed by atoms with Crippen molar-refractivity contribution in [2.24, 2.45) is 0 Å². The van der Waals surface area contributed by atoms with Crippen LogP contribution in [0, 0.1) is 6.92 Å². The second kappa shape index (κ2) is 7.48. The van der Waals surface area contributed by atoms with E-state index < -0.39 is 0 Å². The van der Waals surface area contributed by atoms with Gasteiger partial charge in [-0.3, -0.25) is 4.79 Å². The van der Waals surface area contributed by atoms with E-state index in [-0.39, 0.29) is 5.91 Å². The number of hydrogen-bond acceptors (Lipinski definition) is 4. The van der Waals surface area contributed by atoms with Crippen molar-refractivity contribution in [3.8, 4) is 22.9 Å². The zero-order chi connectivity index (χ0) is 19.5. The van der Waals surface area contributed by atoms with Crippen LogP contribution in [0.4, 0.5) is 5.69 Å². The van der Waals surface area contributed by atoms with Gasteiger partial charge in [-0.15, -0.1) is 10.2 Å². The lowest BCUT2D eigenvalue weighted by Crippen LogP contribution is -2.05. The molecular formula is C23H19N3O2. The maximum absolute atomic E-state index is 11.1. The molecule has 0 unspecified atom stereocenters. The Hall–Kier alpha value is -3.73. The molecule has 0 atom stereocenters. The molecule has 0 fully saturated rings. The number of nitrogens with zero attached hydrogens (tertiary/aromatic N) is 2. The van der Waals surface area contributed by atoms with E-state index in [4.69, 9.17) is 4.74 Å². The van der Waals surface area contributed by atoms with E-state index in [1.807, 2.05) is 36.4 Å². The van der Waals surface area contributed by atoms with Gasteiger partial charge in [0, 0.05) is 28.9 Å². The highest BCUT2D eigenvalue weighted by Gasteiger charge is 2.12. The fraction of sp³-hybridized carbons (Fsp3) is 0.0870. The van der Waals surface area contributed by atoms with Crippen LogP contribution in [0.15, 0.2) is 72.8 Å². The van der Waals surface area contributed by atoms with E-state index in [0.29, 0.717) is 17.3 Å². The van der Waals surface area contributed by atoms with Gasteiger partial charge in [-0.2, -0.15) is 0 Å². The number of anilines is 1. The van der Waals surface area contributed by atoms with E-state index >= 15 is 0 Å².